The molecule has 2 aromatic rings. The van der Waals surface area contributed by atoms with Gasteiger partial charge in [0.2, 0.25) is 5.91 Å². The number of hydrogen-bond acceptors (Lipinski definition) is 3. The quantitative estimate of drug-likeness (QED) is 0.552. The predicted molar refractivity (Wildman–Crippen MR) is 106 cm³/mol. The summed E-state index contributed by atoms with van der Waals surface area (Å²) in [5, 5.41) is 2.87. The molecule has 0 spiro atoms. The number of hydrogen-bond donors (Lipinski definition) is 1. The monoisotopic (exact) mass is 355 g/mol. The van der Waals surface area contributed by atoms with Crippen LogP contribution in [0.3, 0.4) is 0 Å². The number of nitrogens with one attached hydrogen (secondary N) is 1. The van der Waals surface area contributed by atoms with Crippen LogP contribution >= 0.6 is 0 Å². The van der Waals surface area contributed by atoms with E-state index in [0.717, 1.165) is 30.2 Å². The fourth-order valence-electron chi connectivity index (χ4n) is 2.47. The van der Waals surface area contributed by atoms with Crippen LogP contribution in [0, 0.1) is 6.92 Å². The van der Waals surface area contributed by atoms with Gasteiger partial charge in [0.25, 0.3) is 0 Å². The lowest BCUT2D eigenvalue weighted by Crippen LogP contribution is -2.15. The molecule has 4 heteroatoms. The van der Waals surface area contributed by atoms with E-state index in [4.69, 9.17) is 9.47 Å². The molecule has 1 N–H and O–H groups in total. The molecule has 0 aliphatic heterocycles. The standard InChI is InChI=1S/C22H29NO3/c1-3-4-5-6-16-25-21-13-9-19(10-14-21)23-22(24)15-17-26-20-11-7-18(2)8-12-20/h7-14H,3-6,15-17H2,1-2H3,(H,23,24). The van der Waals surface area contributed by atoms with Gasteiger partial charge >= 0.3 is 0 Å². The van der Waals surface area contributed by atoms with Crippen molar-refractivity contribution in [3.8, 4) is 11.5 Å². The van der Waals surface area contributed by atoms with Gasteiger partial charge in [0.05, 0.1) is 19.6 Å². The normalized spacial score (nSPS) is 10.4. The van der Waals surface area contributed by atoms with Crippen molar-refractivity contribution in [2.24, 2.45) is 0 Å². The molecule has 2 rings (SSSR count). The van der Waals surface area contributed by atoms with E-state index in [1.807, 2.05) is 55.5 Å². The van der Waals surface area contributed by atoms with Gasteiger partial charge in [-0.1, -0.05) is 43.9 Å². The maximum absolute atomic E-state index is 12.0. The minimum Gasteiger partial charge on any atom is -0.494 e. The number of carbonyl (C=O) groups is 1. The Balaban J connectivity index is 1.65. The van der Waals surface area contributed by atoms with Crippen LogP contribution in [0.2, 0.25) is 0 Å². The summed E-state index contributed by atoms with van der Waals surface area (Å²) in [6.45, 7) is 5.32. The SMILES string of the molecule is CCCCCCOc1ccc(NC(=O)CCOc2ccc(C)cc2)cc1. The van der Waals surface area contributed by atoms with Crippen molar-refractivity contribution in [3.05, 3.63) is 54.1 Å². The molecule has 0 aromatic heterocycles. The van der Waals surface area contributed by atoms with E-state index < -0.39 is 0 Å². The van der Waals surface area contributed by atoms with Crippen LogP contribution in [0.15, 0.2) is 48.5 Å². The average molecular weight is 355 g/mol. The number of carbonyl (C=O) groups excluding carboxylic acids is 1. The number of unbranched alkanes of at least 4 members (excludes halogenated alkanes) is 3. The smallest absolute Gasteiger partial charge is 0.227 e. The summed E-state index contributed by atoms with van der Waals surface area (Å²) in [6.07, 6.45) is 5.07. The largest absolute Gasteiger partial charge is 0.494 e. The Bertz CT molecular complexity index is 650. The Morgan fingerprint density at radius 2 is 1.46 bits per heavy atom. The number of anilines is 1. The zero-order valence-electron chi connectivity index (χ0n) is 15.8. The fourth-order valence-corrected chi connectivity index (χ4v) is 2.47. The maximum atomic E-state index is 12.0. The second-order valence-corrected chi connectivity index (χ2v) is 6.39. The number of aryl methyl sites for hydroxylation is 1. The zero-order valence-corrected chi connectivity index (χ0v) is 15.8. The molecule has 0 saturated heterocycles. The van der Waals surface area contributed by atoms with Gasteiger partial charge in [-0.3, -0.25) is 4.79 Å². The van der Waals surface area contributed by atoms with E-state index in [9.17, 15) is 4.79 Å². The average Bonchev–Trinajstić information content (AvgIpc) is 2.64. The Labute approximate surface area is 156 Å². The van der Waals surface area contributed by atoms with Crippen LogP contribution in [0.25, 0.3) is 0 Å². The van der Waals surface area contributed by atoms with Gasteiger partial charge in [0.15, 0.2) is 0 Å². The molecule has 0 aliphatic rings. The van der Waals surface area contributed by atoms with Gasteiger partial charge in [0, 0.05) is 5.69 Å². The topological polar surface area (TPSA) is 47.6 Å². The van der Waals surface area contributed by atoms with E-state index in [1.165, 1.54) is 24.8 Å². The maximum Gasteiger partial charge on any atom is 0.227 e. The summed E-state index contributed by atoms with van der Waals surface area (Å²) < 4.78 is 11.3. The first kappa shape index (κ1) is 19.8. The van der Waals surface area contributed by atoms with E-state index in [-0.39, 0.29) is 5.91 Å². The number of ether oxygens (including phenoxy) is 2. The van der Waals surface area contributed by atoms with Gasteiger partial charge in [-0.05, 0) is 49.7 Å². The van der Waals surface area contributed by atoms with E-state index in [1.54, 1.807) is 0 Å². The molecule has 0 fully saturated rings. The third kappa shape index (κ3) is 7.60. The molecule has 0 radical (unpaired) electrons. The lowest BCUT2D eigenvalue weighted by atomic mass is 10.2. The molecule has 1 amide bonds. The van der Waals surface area contributed by atoms with E-state index in [2.05, 4.69) is 12.2 Å². The van der Waals surface area contributed by atoms with Crippen LogP contribution in [0.1, 0.15) is 44.6 Å². The minimum absolute atomic E-state index is 0.0645. The van der Waals surface area contributed by atoms with Crippen LogP contribution in [-0.2, 0) is 4.79 Å². The Hall–Kier alpha value is -2.49. The van der Waals surface area contributed by atoms with Gasteiger partial charge in [-0.15, -0.1) is 0 Å². The molecule has 0 atom stereocenters. The van der Waals surface area contributed by atoms with E-state index >= 15 is 0 Å². The van der Waals surface area contributed by atoms with Crippen LogP contribution in [0.4, 0.5) is 5.69 Å². The molecular weight excluding hydrogens is 326 g/mol. The van der Waals surface area contributed by atoms with E-state index in [0.29, 0.717) is 13.0 Å². The van der Waals surface area contributed by atoms with Crippen molar-refractivity contribution in [1.29, 1.82) is 0 Å². The first-order valence-electron chi connectivity index (χ1n) is 9.39. The molecule has 0 heterocycles. The van der Waals surface area contributed by atoms with Crippen molar-refractivity contribution in [1.82, 2.24) is 0 Å². The van der Waals surface area contributed by atoms with Crippen LogP contribution in [0.5, 0.6) is 11.5 Å². The van der Waals surface area contributed by atoms with Crippen LogP contribution in [-0.4, -0.2) is 19.1 Å². The summed E-state index contributed by atoms with van der Waals surface area (Å²) in [5.41, 5.74) is 1.95. The van der Waals surface area contributed by atoms with Crippen molar-refractivity contribution in [2.45, 2.75) is 46.0 Å². The fraction of sp³-hybridized carbons (Fsp3) is 0.409. The summed E-state index contributed by atoms with van der Waals surface area (Å²) >= 11 is 0. The van der Waals surface area contributed by atoms with Crippen molar-refractivity contribution in [3.63, 3.8) is 0 Å². The predicted octanol–water partition coefficient (Wildman–Crippen LogP) is 5.36. The van der Waals surface area contributed by atoms with Gasteiger partial charge < -0.3 is 14.8 Å². The second-order valence-electron chi connectivity index (χ2n) is 6.39. The Morgan fingerprint density at radius 3 is 2.12 bits per heavy atom. The molecular formula is C22H29NO3. The van der Waals surface area contributed by atoms with Crippen molar-refractivity contribution < 1.29 is 14.3 Å². The second kappa shape index (κ2) is 11.2. The summed E-state index contributed by atoms with van der Waals surface area (Å²) in [7, 11) is 0. The third-order valence-electron chi connectivity index (χ3n) is 4.02. The molecule has 0 unspecified atom stereocenters. The molecule has 2 aromatic carbocycles. The molecule has 140 valence electrons. The number of amides is 1. The van der Waals surface area contributed by atoms with Crippen LogP contribution < -0.4 is 14.8 Å². The highest BCUT2D eigenvalue weighted by molar-refractivity contribution is 5.90. The molecule has 4 nitrogen and oxygen atoms in total. The highest BCUT2D eigenvalue weighted by Crippen LogP contribution is 2.17. The van der Waals surface area contributed by atoms with Crippen molar-refractivity contribution >= 4 is 11.6 Å². The highest BCUT2D eigenvalue weighted by Gasteiger charge is 2.04. The third-order valence-corrected chi connectivity index (χ3v) is 4.02. The summed E-state index contributed by atoms with van der Waals surface area (Å²) in [6, 6.07) is 15.3. The van der Waals surface area contributed by atoms with Gasteiger partial charge in [0.1, 0.15) is 11.5 Å². The Kier molecular flexibility index (Phi) is 8.53. The number of rotatable bonds is 11. The number of benzene rings is 2. The first-order valence-corrected chi connectivity index (χ1v) is 9.39. The van der Waals surface area contributed by atoms with Gasteiger partial charge in [-0.25, -0.2) is 0 Å². The summed E-state index contributed by atoms with van der Waals surface area (Å²) in [5.74, 6) is 1.55. The summed E-state index contributed by atoms with van der Waals surface area (Å²) in [4.78, 5) is 12.0. The molecule has 0 saturated carbocycles. The molecule has 26 heavy (non-hydrogen) atoms. The lowest BCUT2D eigenvalue weighted by Gasteiger charge is -2.09. The molecule has 0 bridgehead atoms. The first-order chi connectivity index (χ1) is 12.7. The van der Waals surface area contributed by atoms with Crippen molar-refractivity contribution in [2.75, 3.05) is 18.5 Å². The zero-order chi connectivity index (χ0) is 18.6. The molecule has 0 aliphatic carbocycles. The lowest BCUT2D eigenvalue weighted by molar-refractivity contribution is -0.116. The Morgan fingerprint density at radius 1 is 0.846 bits per heavy atom. The highest BCUT2D eigenvalue weighted by atomic mass is 16.5. The van der Waals surface area contributed by atoms with Gasteiger partial charge in [-0.2, -0.15) is 0 Å². The minimum atomic E-state index is -0.0645.